The zero-order chi connectivity index (χ0) is 13.9. The first-order chi connectivity index (χ1) is 9.72. The lowest BCUT2D eigenvalue weighted by Gasteiger charge is -2.15. The Labute approximate surface area is 117 Å². The van der Waals surface area contributed by atoms with Crippen molar-refractivity contribution in [1.29, 1.82) is 0 Å². The Morgan fingerprint density at radius 2 is 2.25 bits per heavy atom. The number of nitrogens with zero attached hydrogens (tertiary/aromatic N) is 2. The molecule has 0 bridgehead atoms. The van der Waals surface area contributed by atoms with Crippen LogP contribution in [-0.4, -0.2) is 34.9 Å². The van der Waals surface area contributed by atoms with Gasteiger partial charge in [-0.05, 0) is 30.9 Å². The average Bonchev–Trinajstić information content (AvgIpc) is 3.22. The van der Waals surface area contributed by atoms with Crippen molar-refractivity contribution in [2.24, 2.45) is 11.8 Å². The van der Waals surface area contributed by atoms with Crippen molar-refractivity contribution in [2.75, 3.05) is 13.2 Å². The zero-order valence-electron chi connectivity index (χ0n) is 11.3. The van der Waals surface area contributed by atoms with Gasteiger partial charge in [0.2, 0.25) is 5.91 Å². The van der Waals surface area contributed by atoms with Gasteiger partial charge >= 0.3 is 5.97 Å². The highest BCUT2D eigenvalue weighted by atomic mass is 16.5. The summed E-state index contributed by atoms with van der Waals surface area (Å²) in [6, 6.07) is 5.61. The van der Waals surface area contributed by atoms with E-state index in [0.29, 0.717) is 25.6 Å². The molecule has 2 fully saturated rings. The van der Waals surface area contributed by atoms with Crippen LogP contribution in [0, 0.1) is 11.8 Å². The molecule has 1 aromatic heterocycles. The molecule has 2 heterocycles. The SMILES string of the molecule is O=C(OCC1CC1)C1CC(=O)N(Cc2ccccn2)C1. The second-order valence-corrected chi connectivity index (χ2v) is 5.57. The molecule has 0 radical (unpaired) electrons. The minimum Gasteiger partial charge on any atom is -0.465 e. The third-order valence-corrected chi connectivity index (χ3v) is 3.79. The number of esters is 1. The van der Waals surface area contributed by atoms with Gasteiger partial charge in [0, 0.05) is 19.2 Å². The van der Waals surface area contributed by atoms with Gasteiger partial charge in [0.15, 0.2) is 0 Å². The fraction of sp³-hybridized carbons (Fsp3) is 0.533. The van der Waals surface area contributed by atoms with Crippen molar-refractivity contribution in [2.45, 2.75) is 25.8 Å². The molecule has 0 spiro atoms. The van der Waals surface area contributed by atoms with E-state index in [1.54, 1.807) is 11.1 Å². The van der Waals surface area contributed by atoms with Crippen molar-refractivity contribution in [3.8, 4) is 0 Å². The van der Waals surface area contributed by atoms with Crippen LogP contribution in [0.1, 0.15) is 25.0 Å². The number of hydrogen-bond acceptors (Lipinski definition) is 4. The van der Waals surface area contributed by atoms with Crippen LogP contribution in [-0.2, 0) is 20.9 Å². The van der Waals surface area contributed by atoms with Crippen LogP contribution in [0.25, 0.3) is 0 Å². The quantitative estimate of drug-likeness (QED) is 0.761. The predicted octanol–water partition coefficient (Wildman–Crippen LogP) is 1.38. The first-order valence-electron chi connectivity index (χ1n) is 7.06. The molecule has 1 aromatic rings. The van der Waals surface area contributed by atoms with Gasteiger partial charge in [-0.1, -0.05) is 6.07 Å². The summed E-state index contributed by atoms with van der Waals surface area (Å²) < 4.78 is 5.26. The third kappa shape index (κ3) is 3.15. The van der Waals surface area contributed by atoms with Gasteiger partial charge in [-0.15, -0.1) is 0 Å². The van der Waals surface area contributed by atoms with Gasteiger partial charge in [0.25, 0.3) is 0 Å². The lowest BCUT2D eigenvalue weighted by Crippen LogP contribution is -2.27. The number of amides is 1. The van der Waals surface area contributed by atoms with Gasteiger partial charge in [0.05, 0.1) is 24.8 Å². The van der Waals surface area contributed by atoms with E-state index in [0.717, 1.165) is 18.5 Å². The Bertz CT molecular complexity index is 499. The molecular weight excluding hydrogens is 256 g/mol. The normalized spacial score (nSPS) is 22.1. The van der Waals surface area contributed by atoms with Gasteiger partial charge in [-0.2, -0.15) is 0 Å². The van der Waals surface area contributed by atoms with E-state index in [1.807, 2.05) is 18.2 Å². The van der Waals surface area contributed by atoms with E-state index in [4.69, 9.17) is 4.74 Å². The second-order valence-electron chi connectivity index (χ2n) is 5.57. The number of ether oxygens (including phenoxy) is 1. The van der Waals surface area contributed by atoms with E-state index >= 15 is 0 Å². The van der Waals surface area contributed by atoms with Crippen molar-refractivity contribution in [3.05, 3.63) is 30.1 Å². The van der Waals surface area contributed by atoms with Gasteiger partial charge < -0.3 is 9.64 Å². The molecule has 1 aliphatic carbocycles. The fourth-order valence-corrected chi connectivity index (χ4v) is 2.37. The van der Waals surface area contributed by atoms with Crippen LogP contribution in [0.15, 0.2) is 24.4 Å². The summed E-state index contributed by atoms with van der Waals surface area (Å²) in [5.74, 6) is 0.0171. The molecule has 1 saturated carbocycles. The first kappa shape index (κ1) is 13.1. The average molecular weight is 274 g/mol. The fourth-order valence-electron chi connectivity index (χ4n) is 2.37. The second kappa shape index (κ2) is 5.61. The number of rotatable bonds is 5. The molecule has 3 rings (SSSR count). The lowest BCUT2D eigenvalue weighted by atomic mass is 10.1. The molecule has 1 saturated heterocycles. The molecule has 1 atom stereocenters. The number of carbonyl (C=O) groups excluding carboxylic acids is 2. The number of likely N-dealkylation sites (tertiary alicyclic amines) is 1. The maximum Gasteiger partial charge on any atom is 0.311 e. The summed E-state index contributed by atoms with van der Waals surface area (Å²) >= 11 is 0. The molecule has 5 nitrogen and oxygen atoms in total. The van der Waals surface area contributed by atoms with Crippen molar-refractivity contribution in [1.82, 2.24) is 9.88 Å². The molecule has 0 aromatic carbocycles. The molecule has 1 unspecified atom stereocenters. The molecule has 0 N–H and O–H groups in total. The summed E-state index contributed by atoms with van der Waals surface area (Å²) in [7, 11) is 0. The highest BCUT2D eigenvalue weighted by Gasteiger charge is 2.36. The molecule has 5 heteroatoms. The standard InChI is InChI=1S/C15H18N2O3/c18-14-7-12(15(19)20-10-11-4-5-11)8-17(14)9-13-3-1-2-6-16-13/h1-3,6,11-12H,4-5,7-10H2. The predicted molar refractivity (Wildman–Crippen MR) is 71.4 cm³/mol. The third-order valence-electron chi connectivity index (χ3n) is 3.79. The largest absolute Gasteiger partial charge is 0.465 e. The van der Waals surface area contributed by atoms with Crippen LogP contribution in [0.2, 0.25) is 0 Å². The highest BCUT2D eigenvalue weighted by molar-refractivity contribution is 5.86. The van der Waals surface area contributed by atoms with Crippen molar-refractivity contribution in [3.63, 3.8) is 0 Å². The molecule has 2 aliphatic rings. The maximum absolute atomic E-state index is 11.9. The van der Waals surface area contributed by atoms with Gasteiger partial charge in [-0.25, -0.2) is 0 Å². The van der Waals surface area contributed by atoms with E-state index in [-0.39, 0.29) is 24.2 Å². The first-order valence-corrected chi connectivity index (χ1v) is 7.06. The van der Waals surface area contributed by atoms with Crippen LogP contribution in [0.4, 0.5) is 0 Å². The summed E-state index contributed by atoms with van der Waals surface area (Å²) in [6.45, 7) is 1.43. The topological polar surface area (TPSA) is 59.5 Å². The number of aromatic nitrogens is 1. The molecule has 1 aliphatic heterocycles. The number of pyridine rings is 1. The van der Waals surface area contributed by atoms with E-state index in [2.05, 4.69) is 4.98 Å². The van der Waals surface area contributed by atoms with E-state index < -0.39 is 0 Å². The van der Waals surface area contributed by atoms with E-state index in [1.165, 1.54) is 0 Å². The molecule has 1 amide bonds. The minimum atomic E-state index is -0.315. The Morgan fingerprint density at radius 3 is 2.95 bits per heavy atom. The minimum absolute atomic E-state index is 0.00373. The number of carbonyl (C=O) groups is 2. The van der Waals surface area contributed by atoms with Crippen molar-refractivity contribution >= 4 is 11.9 Å². The highest BCUT2D eigenvalue weighted by Crippen LogP contribution is 2.29. The summed E-state index contributed by atoms with van der Waals surface area (Å²) in [5, 5.41) is 0. The van der Waals surface area contributed by atoms with Gasteiger partial charge in [0.1, 0.15) is 0 Å². The number of hydrogen-bond donors (Lipinski definition) is 0. The van der Waals surface area contributed by atoms with Crippen LogP contribution < -0.4 is 0 Å². The Hall–Kier alpha value is -1.91. The Balaban J connectivity index is 1.53. The van der Waals surface area contributed by atoms with Crippen LogP contribution >= 0.6 is 0 Å². The van der Waals surface area contributed by atoms with Gasteiger partial charge in [-0.3, -0.25) is 14.6 Å². The summed E-state index contributed by atoms with van der Waals surface area (Å²) in [4.78, 5) is 29.7. The Morgan fingerprint density at radius 1 is 1.40 bits per heavy atom. The van der Waals surface area contributed by atoms with Crippen molar-refractivity contribution < 1.29 is 14.3 Å². The van der Waals surface area contributed by atoms with Crippen LogP contribution in [0.5, 0.6) is 0 Å². The molecular formula is C15H18N2O3. The maximum atomic E-state index is 11.9. The van der Waals surface area contributed by atoms with Crippen LogP contribution in [0.3, 0.4) is 0 Å². The monoisotopic (exact) mass is 274 g/mol. The molecule has 20 heavy (non-hydrogen) atoms. The summed E-state index contributed by atoms with van der Waals surface area (Å²) in [6.07, 6.45) is 4.28. The molecule has 106 valence electrons. The Kier molecular flexibility index (Phi) is 3.67. The lowest BCUT2D eigenvalue weighted by molar-refractivity contribution is -0.148. The smallest absolute Gasteiger partial charge is 0.311 e. The van der Waals surface area contributed by atoms with E-state index in [9.17, 15) is 9.59 Å². The summed E-state index contributed by atoms with van der Waals surface area (Å²) in [5.41, 5.74) is 0.841. The zero-order valence-corrected chi connectivity index (χ0v) is 11.3.